The molecule has 0 saturated carbocycles. The first kappa shape index (κ1) is 19.2. The molecule has 0 saturated heterocycles. The summed E-state index contributed by atoms with van der Waals surface area (Å²) in [5.41, 5.74) is 0.855. The van der Waals surface area contributed by atoms with Gasteiger partial charge in [-0.1, -0.05) is 41.4 Å². The molecule has 1 atom stereocenters. The highest BCUT2D eigenvalue weighted by molar-refractivity contribution is 6.43. The number of rotatable bonds is 5. The highest BCUT2D eigenvalue weighted by Crippen LogP contribution is 2.25. The first-order valence-corrected chi connectivity index (χ1v) is 8.29. The van der Waals surface area contributed by atoms with E-state index < -0.39 is 11.9 Å². The van der Waals surface area contributed by atoms with Crippen LogP contribution in [0.4, 0.5) is 4.39 Å². The molecule has 132 valence electrons. The van der Waals surface area contributed by atoms with Gasteiger partial charge in [-0.3, -0.25) is 9.59 Å². The number of carbonyl (C=O) groups excluding carboxylic acids is 2. The number of halogens is 3. The molecule has 2 aromatic carbocycles. The van der Waals surface area contributed by atoms with Crippen LogP contribution in [0.25, 0.3) is 0 Å². The zero-order valence-electron chi connectivity index (χ0n) is 13.7. The van der Waals surface area contributed by atoms with Crippen LogP contribution >= 0.6 is 23.2 Å². The second-order valence-corrected chi connectivity index (χ2v) is 6.41. The van der Waals surface area contributed by atoms with E-state index in [1.54, 1.807) is 38.2 Å². The molecular weight excluding hydrogens is 366 g/mol. The fourth-order valence-corrected chi connectivity index (χ4v) is 2.72. The summed E-state index contributed by atoms with van der Waals surface area (Å²) in [6.07, 6.45) is 0. The zero-order chi connectivity index (χ0) is 18.6. The summed E-state index contributed by atoms with van der Waals surface area (Å²) in [6, 6.07) is 9.92. The summed E-state index contributed by atoms with van der Waals surface area (Å²) in [4.78, 5) is 26.1. The minimum Gasteiger partial charge on any atom is -0.340 e. The first-order chi connectivity index (χ1) is 11.8. The van der Waals surface area contributed by atoms with Crippen molar-refractivity contribution in [2.24, 2.45) is 0 Å². The van der Waals surface area contributed by atoms with Gasteiger partial charge in [0.05, 0.1) is 15.6 Å². The fourth-order valence-electron chi connectivity index (χ4n) is 2.33. The van der Waals surface area contributed by atoms with E-state index in [0.717, 1.165) is 0 Å². The number of benzene rings is 2. The predicted octanol–water partition coefficient (Wildman–Crippen LogP) is 3.91. The summed E-state index contributed by atoms with van der Waals surface area (Å²) in [7, 11) is 1.59. The van der Waals surface area contributed by atoms with Gasteiger partial charge >= 0.3 is 0 Å². The van der Waals surface area contributed by atoms with Crippen LogP contribution < -0.4 is 5.32 Å². The highest BCUT2D eigenvalue weighted by atomic mass is 35.5. The monoisotopic (exact) mass is 382 g/mol. The Morgan fingerprint density at radius 2 is 1.88 bits per heavy atom. The van der Waals surface area contributed by atoms with Crippen LogP contribution in [0.15, 0.2) is 42.5 Å². The van der Waals surface area contributed by atoms with Crippen LogP contribution in [0.5, 0.6) is 0 Å². The molecule has 4 nitrogen and oxygen atoms in total. The summed E-state index contributed by atoms with van der Waals surface area (Å²) < 4.78 is 13.2. The smallest absolute Gasteiger partial charge is 0.253 e. The van der Waals surface area contributed by atoms with Crippen LogP contribution in [0, 0.1) is 5.82 Å². The second kappa shape index (κ2) is 8.32. The molecule has 0 aliphatic rings. The Kier molecular flexibility index (Phi) is 6.39. The van der Waals surface area contributed by atoms with E-state index in [-0.39, 0.29) is 33.9 Å². The van der Waals surface area contributed by atoms with Crippen LogP contribution in [0.2, 0.25) is 10.0 Å². The van der Waals surface area contributed by atoms with Gasteiger partial charge in [-0.05, 0) is 36.8 Å². The lowest BCUT2D eigenvalue weighted by molar-refractivity contribution is -0.132. The quantitative estimate of drug-likeness (QED) is 0.851. The minimum absolute atomic E-state index is 0.134. The van der Waals surface area contributed by atoms with Gasteiger partial charge in [-0.25, -0.2) is 4.39 Å². The lowest BCUT2D eigenvalue weighted by Crippen LogP contribution is -2.45. The number of hydrogen-bond acceptors (Lipinski definition) is 2. The summed E-state index contributed by atoms with van der Waals surface area (Å²) in [6.45, 7) is 1.80. The highest BCUT2D eigenvalue weighted by Gasteiger charge is 2.22. The van der Waals surface area contributed by atoms with Crippen molar-refractivity contribution in [3.05, 3.63) is 69.5 Å². The van der Waals surface area contributed by atoms with E-state index in [4.69, 9.17) is 23.2 Å². The van der Waals surface area contributed by atoms with Crippen molar-refractivity contribution in [3.63, 3.8) is 0 Å². The fraction of sp³-hybridized carbons (Fsp3) is 0.222. The standard InChI is InChI=1S/C18H17Cl2FN2O2/c1-11(22-17(24)14-7-4-8-15(19)16(14)20)18(25)23(2)10-12-5-3-6-13(21)9-12/h3-9,11H,10H2,1-2H3,(H,22,24). The summed E-state index contributed by atoms with van der Waals surface area (Å²) in [5.74, 6) is -1.17. The maximum Gasteiger partial charge on any atom is 0.253 e. The summed E-state index contributed by atoms with van der Waals surface area (Å²) in [5, 5.41) is 2.99. The molecule has 2 rings (SSSR count). The van der Waals surface area contributed by atoms with Gasteiger partial charge in [0.25, 0.3) is 5.91 Å². The molecule has 1 N–H and O–H groups in total. The maximum atomic E-state index is 13.2. The van der Waals surface area contributed by atoms with Gasteiger partial charge in [0, 0.05) is 13.6 Å². The number of hydrogen-bond donors (Lipinski definition) is 1. The van der Waals surface area contributed by atoms with Crippen molar-refractivity contribution in [3.8, 4) is 0 Å². The van der Waals surface area contributed by atoms with Crippen molar-refractivity contribution in [2.75, 3.05) is 7.05 Å². The molecule has 0 spiro atoms. The molecule has 0 aromatic heterocycles. The van der Waals surface area contributed by atoms with E-state index in [0.29, 0.717) is 5.56 Å². The van der Waals surface area contributed by atoms with Crippen molar-refractivity contribution in [1.82, 2.24) is 10.2 Å². The molecular formula is C18H17Cl2FN2O2. The molecule has 0 heterocycles. The van der Waals surface area contributed by atoms with E-state index >= 15 is 0 Å². The maximum absolute atomic E-state index is 13.2. The average molecular weight is 383 g/mol. The topological polar surface area (TPSA) is 49.4 Å². The van der Waals surface area contributed by atoms with E-state index in [9.17, 15) is 14.0 Å². The Hall–Kier alpha value is -2.11. The Bertz CT molecular complexity index is 798. The Balaban J connectivity index is 2.01. The normalized spacial score (nSPS) is 11.7. The Labute approximate surface area is 155 Å². The molecule has 25 heavy (non-hydrogen) atoms. The van der Waals surface area contributed by atoms with Gasteiger partial charge in [0.1, 0.15) is 11.9 Å². The van der Waals surface area contributed by atoms with Crippen molar-refractivity contribution in [2.45, 2.75) is 19.5 Å². The largest absolute Gasteiger partial charge is 0.340 e. The average Bonchev–Trinajstić information content (AvgIpc) is 2.56. The van der Waals surface area contributed by atoms with Gasteiger partial charge in [0.15, 0.2) is 0 Å². The van der Waals surface area contributed by atoms with Crippen LogP contribution in [-0.2, 0) is 11.3 Å². The van der Waals surface area contributed by atoms with Crippen LogP contribution in [-0.4, -0.2) is 29.8 Å². The number of nitrogens with one attached hydrogen (secondary N) is 1. The van der Waals surface area contributed by atoms with Gasteiger partial charge < -0.3 is 10.2 Å². The third-order valence-electron chi connectivity index (χ3n) is 3.60. The SMILES string of the molecule is CC(NC(=O)c1cccc(Cl)c1Cl)C(=O)N(C)Cc1cccc(F)c1. The lowest BCUT2D eigenvalue weighted by Gasteiger charge is -2.22. The molecule has 1 unspecified atom stereocenters. The summed E-state index contributed by atoms with van der Waals surface area (Å²) >= 11 is 11.9. The van der Waals surface area contributed by atoms with Crippen molar-refractivity contribution >= 4 is 35.0 Å². The first-order valence-electron chi connectivity index (χ1n) is 7.54. The second-order valence-electron chi connectivity index (χ2n) is 5.62. The molecule has 0 radical (unpaired) electrons. The Morgan fingerprint density at radius 1 is 1.20 bits per heavy atom. The molecule has 7 heteroatoms. The lowest BCUT2D eigenvalue weighted by atomic mass is 10.1. The van der Waals surface area contributed by atoms with Crippen molar-refractivity contribution in [1.29, 1.82) is 0 Å². The number of amides is 2. The van der Waals surface area contributed by atoms with Crippen LogP contribution in [0.3, 0.4) is 0 Å². The zero-order valence-corrected chi connectivity index (χ0v) is 15.2. The number of likely N-dealkylation sites (N-methyl/N-ethyl adjacent to an activating group) is 1. The molecule has 0 fully saturated rings. The van der Waals surface area contributed by atoms with Crippen molar-refractivity contribution < 1.29 is 14.0 Å². The van der Waals surface area contributed by atoms with Gasteiger partial charge in [-0.2, -0.15) is 0 Å². The molecule has 2 amide bonds. The molecule has 0 aliphatic carbocycles. The minimum atomic E-state index is -0.777. The predicted molar refractivity (Wildman–Crippen MR) is 96.3 cm³/mol. The third kappa shape index (κ3) is 4.94. The Morgan fingerprint density at radius 3 is 2.56 bits per heavy atom. The number of nitrogens with zero attached hydrogens (tertiary/aromatic N) is 1. The van der Waals surface area contributed by atoms with E-state index in [1.165, 1.54) is 23.1 Å². The van der Waals surface area contributed by atoms with Crippen LogP contribution in [0.1, 0.15) is 22.8 Å². The molecule has 2 aromatic rings. The third-order valence-corrected chi connectivity index (χ3v) is 4.42. The van der Waals surface area contributed by atoms with E-state index in [1.807, 2.05) is 0 Å². The molecule has 0 bridgehead atoms. The molecule has 0 aliphatic heterocycles. The number of carbonyl (C=O) groups is 2. The van der Waals surface area contributed by atoms with Gasteiger partial charge in [0.2, 0.25) is 5.91 Å². The van der Waals surface area contributed by atoms with E-state index in [2.05, 4.69) is 5.32 Å². The van der Waals surface area contributed by atoms with Gasteiger partial charge in [-0.15, -0.1) is 0 Å².